The van der Waals surface area contributed by atoms with Gasteiger partial charge in [0.05, 0.1) is 15.1 Å². The van der Waals surface area contributed by atoms with Crippen LogP contribution in [0.15, 0.2) is 17.0 Å². The number of primary amides is 1. The number of piperidine rings is 1. The van der Waals surface area contributed by atoms with Crippen molar-refractivity contribution < 1.29 is 13.2 Å². The van der Waals surface area contributed by atoms with Gasteiger partial charge in [-0.2, -0.15) is 4.31 Å². The summed E-state index contributed by atoms with van der Waals surface area (Å²) in [4.78, 5) is 11.0. The van der Waals surface area contributed by atoms with Crippen molar-refractivity contribution in [3.05, 3.63) is 27.2 Å². The molecule has 2 N–H and O–H groups in total. The molecule has 1 amide bonds. The minimum Gasteiger partial charge on any atom is -0.369 e. The summed E-state index contributed by atoms with van der Waals surface area (Å²) in [5, 5.41) is 0.321. The Morgan fingerprint density at radius 3 is 2.14 bits per heavy atom. The van der Waals surface area contributed by atoms with Crippen molar-refractivity contribution in [1.29, 1.82) is 0 Å². The molecule has 2 rings (SSSR count). The highest BCUT2D eigenvalue weighted by atomic mass is 35.5. The van der Waals surface area contributed by atoms with E-state index >= 15 is 0 Å². The fourth-order valence-electron chi connectivity index (χ4n) is 2.22. The first-order valence-corrected chi connectivity index (χ1v) is 8.75. The second-order valence-corrected chi connectivity index (χ2v) is 7.91. The predicted molar refractivity (Wildman–Crippen MR) is 82.1 cm³/mol. The standard InChI is InChI=1S/C12H13Cl3N2O3S/c13-8-5-10(15)11(6-9(8)14)21(19,20)17-3-1-7(2-4-17)12(16)18/h5-7H,1-4H2,(H2,16,18). The molecule has 0 unspecified atom stereocenters. The Labute approximate surface area is 138 Å². The van der Waals surface area contributed by atoms with Gasteiger partial charge in [-0.05, 0) is 25.0 Å². The summed E-state index contributed by atoms with van der Waals surface area (Å²) in [6.45, 7) is 0.430. The van der Waals surface area contributed by atoms with Crippen LogP contribution >= 0.6 is 34.8 Å². The van der Waals surface area contributed by atoms with Gasteiger partial charge in [-0.1, -0.05) is 34.8 Å². The van der Waals surface area contributed by atoms with Gasteiger partial charge in [0.2, 0.25) is 15.9 Å². The number of nitrogens with two attached hydrogens (primary N) is 1. The average Bonchev–Trinajstić information content (AvgIpc) is 2.42. The number of rotatable bonds is 3. The summed E-state index contributed by atoms with van der Waals surface area (Å²) in [5.74, 6) is -0.694. The summed E-state index contributed by atoms with van der Waals surface area (Å²) >= 11 is 17.6. The number of carbonyl (C=O) groups is 1. The van der Waals surface area contributed by atoms with Crippen LogP contribution in [0.3, 0.4) is 0 Å². The molecule has 0 aromatic heterocycles. The maximum absolute atomic E-state index is 12.6. The molecule has 116 valence electrons. The molecule has 0 saturated carbocycles. The van der Waals surface area contributed by atoms with Crippen LogP contribution in [-0.2, 0) is 14.8 Å². The molecule has 1 aromatic rings. The van der Waals surface area contributed by atoms with Crippen molar-refractivity contribution in [2.75, 3.05) is 13.1 Å². The SMILES string of the molecule is NC(=O)C1CCN(S(=O)(=O)c2cc(Cl)c(Cl)cc2Cl)CC1. The van der Waals surface area contributed by atoms with Crippen LogP contribution in [0.1, 0.15) is 12.8 Å². The number of nitrogens with zero attached hydrogens (tertiary/aromatic N) is 1. The Morgan fingerprint density at radius 1 is 1.10 bits per heavy atom. The van der Waals surface area contributed by atoms with Crippen molar-refractivity contribution in [2.45, 2.75) is 17.7 Å². The second kappa shape index (κ2) is 6.30. The molecule has 1 aliphatic heterocycles. The lowest BCUT2D eigenvalue weighted by Crippen LogP contribution is -2.41. The van der Waals surface area contributed by atoms with E-state index in [0.29, 0.717) is 12.8 Å². The highest BCUT2D eigenvalue weighted by Crippen LogP contribution is 2.34. The van der Waals surface area contributed by atoms with Crippen molar-refractivity contribution in [3.63, 3.8) is 0 Å². The lowest BCUT2D eigenvalue weighted by atomic mass is 9.98. The zero-order chi connectivity index (χ0) is 15.8. The van der Waals surface area contributed by atoms with Gasteiger partial charge in [-0.15, -0.1) is 0 Å². The third-order valence-corrected chi connectivity index (χ3v) is 6.53. The molecule has 0 bridgehead atoms. The molecule has 0 atom stereocenters. The summed E-state index contributed by atoms with van der Waals surface area (Å²) < 4.78 is 26.4. The van der Waals surface area contributed by atoms with Crippen molar-refractivity contribution >= 4 is 50.7 Å². The molecule has 1 fully saturated rings. The van der Waals surface area contributed by atoms with Crippen LogP contribution in [-0.4, -0.2) is 31.7 Å². The van der Waals surface area contributed by atoms with E-state index in [1.165, 1.54) is 16.4 Å². The van der Waals surface area contributed by atoms with Crippen LogP contribution in [0.25, 0.3) is 0 Å². The predicted octanol–water partition coefficient (Wildman–Crippen LogP) is 2.53. The van der Waals surface area contributed by atoms with E-state index in [9.17, 15) is 13.2 Å². The van der Waals surface area contributed by atoms with Crippen LogP contribution in [0, 0.1) is 5.92 Å². The number of carbonyl (C=O) groups excluding carboxylic acids is 1. The largest absolute Gasteiger partial charge is 0.369 e. The number of hydrogen-bond donors (Lipinski definition) is 1. The van der Waals surface area contributed by atoms with Gasteiger partial charge >= 0.3 is 0 Å². The molecule has 1 aliphatic rings. The molecular formula is C12H13Cl3N2O3S. The van der Waals surface area contributed by atoms with Crippen LogP contribution in [0.5, 0.6) is 0 Å². The van der Waals surface area contributed by atoms with Crippen molar-refractivity contribution in [1.82, 2.24) is 4.31 Å². The second-order valence-electron chi connectivity index (χ2n) is 4.78. The minimum absolute atomic E-state index is 0.0152. The molecule has 1 heterocycles. The van der Waals surface area contributed by atoms with Crippen molar-refractivity contribution in [3.8, 4) is 0 Å². The third-order valence-electron chi connectivity index (χ3n) is 3.45. The first-order chi connectivity index (χ1) is 9.73. The molecule has 5 nitrogen and oxygen atoms in total. The number of hydrogen-bond acceptors (Lipinski definition) is 3. The Hall–Kier alpha value is -0.530. The van der Waals surface area contributed by atoms with Gasteiger partial charge in [0.25, 0.3) is 0 Å². The smallest absolute Gasteiger partial charge is 0.244 e. The van der Waals surface area contributed by atoms with E-state index in [-0.39, 0.29) is 39.0 Å². The van der Waals surface area contributed by atoms with Crippen molar-refractivity contribution in [2.24, 2.45) is 11.7 Å². The summed E-state index contributed by atoms with van der Waals surface area (Å²) in [6.07, 6.45) is 0.793. The van der Waals surface area contributed by atoms with Gasteiger partial charge in [0, 0.05) is 19.0 Å². The zero-order valence-electron chi connectivity index (χ0n) is 10.9. The fraction of sp³-hybridized carbons (Fsp3) is 0.417. The van der Waals surface area contributed by atoms with E-state index in [1.807, 2.05) is 0 Å². The van der Waals surface area contributed by atoms with E-state index in [0.717, 1.165) is 0 Å². The first-order valence-electron chi connectivity index (χ1n) is 6.17. The van der Waals surface area contributed by atoms with E-state index in [4.69, 9.17) is 40.5 Å². The van der Waals surface area contributed by atoms with Gasteiger partial charge in [-0.3, -0.25) is 4.79 Å². The molecule has 0 aliphatic carbocycles. The third kappa shape index (κ3) is 3.46. The molecule has 0 radical (unpaired) electrons. The maximum atomic E-state index is 12.6. The maximum Gasteiger partial charge on any atom is 0.244 e. The van der Waals surface area contributed by atoms with Gasteiger partial charge in [0.1, 0.15) is 4.90 Å². The number of sulfonamides is 1. The molecule has 0 spiro atoms. The molecular weight excluding hydrogens is 359 g/mol. The van der Waals surface area contributed by atoms with E-state index in [2.05, 4.69) is 0 Å². The minimum atomic E-state index is -3.77. The first kappa shape index (κ1) is 16.8. The van der Waals surface area contributed by atoms with Gasteiger partial charge in [0.15, 0.2) is 0 Å². The average molecular weight is 372 g/mol. The van der Waals surface area contributed by atoms with Crippen LogP contribution in [0.4, 0.5) is 0 Å². The van der Waals surface area contributed by atoms with Crippen LogP contribution < -0.4 is 5.73 Å². The topological polar surface area (TPSA) is 80.5 Å². The molecule has 1 saturated heterocycles. The number of benzene rings is 1. The van der Waals surface area contributed by atoms with Crippen LogP contribution in [0.2, 0.25) is 15.1 Å². The number of halogens is 3. The Kier molecular flexibility index (Phi) is 5.05. The summed E-state index contributed by atoms with van der Waals surface area (Å²) in [5.41, 5.74) is 5.23. The number of amides is 1. The summed E-state index contributed by atoms with van der Waals surface area (Å²) in [6, 6.07) is 2.54. The van der Waals surface area contributed by atoms with E-state index < -0.39 is 15.9 Å². The van der Waals surface area contributed by atoms with Gasteiger partial charge in [-0.25, -0.2) is 8.42 Å². The molecule has 9 heteroatoms. The quantitative estimate of drug-likeness (QED) is 0.829. The van der Waals surface area contributed by atoms with E-state index in [1.54, 1.807) is 0 Å². The fourth-order valence-corrected chi connectivity index (χ4v) is 4.67. The monoisotopic (exact) mass is 370 g/mol. The Balaban J connectivity index is 2.28. The Bertz CT molecular complexity index is 671. The highest BCUT2D eigenvalue weighted by Gasteiger charge is 2.32. The Morgan fingerprint density at radius 2 is 1.62 bits per heavy atom. The zero-order valence-corrected chi connectivity index (χ0v) is 13.9. The molecule has 1 aromatic carbocycles. The highest BCUT2D eigenvalue weighted by molar-refractivity contribution is 7.89. The lowest BCUT2D eigenvalue weighted by molar-refractivity contribution is -0.122. The lowest BCUT2D eigenvalue weighted by Gasteiger charge is -2.30. The summed E-state index contributed by atoms with van der Waals surface area (Å²) in [7, 11) is -3.77. The van der Waals surface area contributed by atoms with Gasteiger partial charge < -0.3 is 5.73 Å². The normalized spacial score (nSPS) is 17.9. The molecule has 21 heavy (non-hydrogen) atoms.